The molecule has 1 saturated heterocycles. The molecular formula is C21H31N5O2. The summed E-state index contributed by atoms with van der Waals surface area (Å²) in [6, 6.07) is 10.2. The summed E-state index contributed by atoms with van der Waals surface area (Å²) in [5.74, 6) is 0.787. The SMILES string of the molecule is CN=C(NCCCOC1CCOC1)NCc1c(C)nn(-c2ccccc2)c1C. The molecule has 1 aliphatic rings. The number of guanidine groups is 1. The highest BCUT2D eigenvalue weighted by molar-refractivity contribution is 5.79. The molecule has 1 atom stereocenters. The van der Waals surface area contributed by atoms with E-state index < -0.39 is 0 Å². The van der Waals surface area contributed by atoms with Crippen LogP contribution in [0.15, 0.2) is 35.3 Å². The van der Waals surface area contributed by atoms with E-state index in [1.54, 1.807) is 7.05 Å². The molecule has 1 fully saturated rings. The van der Waals surface area contributed by atoms with Crippen LogP contribution in [-0.4, -0.2) is 55.3 Å². The molecule has 1 aromatic carbocycles. The van der Waals surface area contributed by atoms with E-state index in [-0.39, 0.29) is 6.10 Å². The molecule has 1 aromatic heterocycles. The van der Waals surface area contributed by atoms with Crippen LogP contribution in [0.3, 0.4) is 0 Å². The molecule has 2 heterocycles. The monoisotopic (exact) mass is 385 g/mol. The van der Waals surface area contributed by atoms with Gasteiger partial charge in [-0.3, -0.25) is 4.99 Å². The van der Waals surface area contributed by atoms with E-state index >= 15 is 0 Å². The van der Waals surface area contributed by atoms with Crippen molar-refractivity contribution in [2.24, 2.45) is 4.99 Å². The molecule has 3 rings (SSSR count). The summed E-state index contributed by atoms with van der Waals surface area (Å²) in [6.45, 7) is 7.92. The second-order valence-electron chi connectivity index (χ2n) is 6.96. The Morgan fingerprint density at radius 1 is 1.29 bits per heavy atom. The largest absolute Gasteiger partial charge is 0.379 e. The lowest BCUT2D eigenvalue weighted by Crippen LogP contribution is -2.37. The van der Waals surface area contributed by atoms with Gasteiger partial charge in [0.1, 0.15) is 0 Å². The van der Waals surface area contributed by atoms with Gasteiger partial charge in [0.15, 0.2) is 5.96 Å². The average Bonchev–Trinajstić information content (AvgIpc) is 3.33. The highest BCUT2D eigenvalue weighted by Gasteiger charge is 2.15. The van der Waals surface area contributed by atoms with Crippen LogP contribution in [0.4, 0.5) is 0 Å². The Balaban J connectivity index is 1.46. The van der Waals surface area contributed by atoms with E-state index in [1.165, 1.54) is 5.56 Å². The van der Waals surface area contributed by atoms with E-state index in [4.69, 9.17) is 14.6 Å². The summed E-state index contributed by atoms with van der Waals surface area (Å²) < 4.78 is 13.1. The average molecular weight is 386 g/mol. The number of ether oxygens (including phenoxy) is 2. The number of nitrogens with one attached hydrogen (secondary N) is 2. The van der Waals surface area contributed by atoms with Crippen molar-refractivity contribution < 1.29 is 9.47 Å². The zero-order valence-corrected chi connectivity index (χ0v) is 17.1. The van der Waals surface area contributed by atoms with Crippen LogP contribution in [0.2, 0.25) is 0 Å². The molecule has 0 radical (unpaired) electrons. The Morgan fingerprint density at radius 2 is 2.11 bits per heavy atom. The van der Waals surface area contributed by atoms with Crippen molar-refractivity contribution >= 4 is 5.96 Å². The maximum atomic E-state index is 5.79. The van der Waals surface area contributed by atoms with Gasteiger partial charge in [-0.2, -0.15) is 5.10 Å². The highest BCUT2D eigenvalue weighted by Crippen LogP contribution is 2.17. The normalized spacial score (nSPS) is 17.1. The Hall–Kier alpha value is -2.38. The first-order valence-electron chi connectivity index (χ1n) is 9.93. The van der Waals surface area contributed by atoms with Crippen molar-refractivity contribution in [3.63, 3.8) is 0 Å². The predicted molar refractivity (Wildman–Crippen MR) is 111 cm³/mol. The van der Waals surface area contributed by atoms with Gasteiger partial charge in [-0.05, 0) is 38.8 Å². The van der Waals surface area contributed by atoms with Crippen LogP contribution in [-0.2, 0) is 16.0 Å². The zero-order chi connectivity index (χ0) is 19.8. The minimum absolute atomic E-state index is 0.268. The smallest absolute Gasteiger partial charge is 0.191 e. The van der Waals surface area contributed by atoms with Gasteiger partial charge in [0, 0.05) is 44.6 Å². The van der Waals surface area contributed by atoms with Crippen molar-refractivity contribution in [1.82, 2.24) is 20.4 Å². The van der Waals surface area contributed by atoms with E-state index in [1.807, 2.05) is 29.8 Å². The van der Waals surface area contributed by atoms with Crippen LogP contribution in [0, 0.1) is 13.8 Å². The maximum absolute atomic E-state index is 5.79. The number of hydrogen-bond donors (Lipinski definition) is 2. The topological polar surface area (TPSA) is 72.7 Å². The van der Waals surface area contributed by atoms with Gasteiger partial charge in [0.2, 0.25) is 0 Å². The molecule has 0 spiro atoms. The zero-order valence-electron chi connectivity index (χ0n) is 17.1. The van der Waals surface area contributed by atoms with Gasteiger partial charge in [0.25, 0.3) is 0 Å². The molecule has 1 unspecified atom stereocenters. The number of para-hydroxylation sites is 1. The molecule has 28 heavy (non-hydrogen) atoms. The first-order valence-corrected chi connectivity index (χ1v) is 9.93. The fourth-order valence-electron chi connectivity index (χ4n) is 3.32. The molecule has 152 valence electrons. The van der Waals surface area contributed by atoms with Gasteiger partial charge < -0.3 is 20.1 Å². The second-order valence-corrected chi connectivity index (χ2v) is 6.96. The highest BCUT2D eigenvalue weighted by atomic mass is 16.5. The summed E-state index contributed by atoms with van der Waals surface area (Å²) in [6.07, 6.45) is 2.21. The van der Waals surface area contributed by atoms with E-state index in [2.05, 4.69) is 34.7 Å². The van der Waals surface area contributed by atoms with Crippen LogP contribution >= 0.6 is 0 Å². The lowest BCUT2D eigenvalue weighted by molar-refractivity contribution is 0.0420. The number of aliphatic imine (C=N–C) groups is 1. The first-order chi connectivity index (χ1) is 13.7. The van der Waals surface area contributed by atoms with Crippen LogP contribution in [0.25, 0.3) is 5.69 Å². The Morgan fingerprint density at radius 3 is 2.82 bits per heavy atom. The third-order valence-electron chi connectivity index (χ3n) is 4.95. The lowest BCUT2D eigenvalue weighted by Gasteiger charge is -2.13. The van der Waals surface area contributed by atoms with Crippen molar-refractivity contribution in [2.45, 2.75) is 39.3 Å². The quantitative estimate of drug-likeness (QED) is 0.415. The molecule has 0 amide bonds. The van der Waals surface area contributed by atoms with Gasteiger partial charge in [-0.25, -0.2) is 4.68 Å². The minimum atomic E-state index is 0.268. The summed E-state index contributed by atoms with van der Waals surface area (Å²) in [7, 11) is 1.79. The maximum Gasteiger partial charge on any atom is 0.191 e. The number of aryl methyl sites for hydroxylation is 1. The second kappa shape index (κ2) is 10.2. The number of benzene rings is 1. The number of aromatic nitrogens is 2. The number of hydrogen-bond acceptors (Lipinski definition) is 4. The lowest BCUT2D eigenvalue weighted by atomic mass is 10.2. The summed E-state index contributed by atoms with van der Waals surface area (Å²) in [5, 5.41) is 11.4. The Bertz CT molecular complexity index is 767. The van der Waals surface area contributed by atoms with Gasteiger partial charge in [-0.15, -0.1) is 0 Å². The van der Waals surface area contributed by atoms with Crippen LogP contribution < -0.4 is 10.6 Å². The van der Waals surface area contributed by atoms with Crippen molar-refractivity contribution in [2.75, 3.05) is 33.4 Å². The molecule has 0 saturated carbocycles. The summed E-state index contributed by atoms with van der Waals surface area (Å²) in [4.78, 5) is 4.31. The number of nitrogens with zero attached hydrogens (tertiary/aromatic N) is 3. The van der Waals surface area contributed by atoms with Gasteiger partial charge in [0.05, 0.1) is 24.1 Å². The van der Waals surface area contributed by atoms with E-state index in [0.29, 0.717) is 6.54 Å². The van der Waals surface area contributed by atoms with Crippen molar-refractivity contribution in [3.8, 4) is 5.69 Å². The molecule has 2 aromatic rings. The molecule has 0 bridgehead atoms. The minimum Gasteiger partial charge on any atom is -0.379 e. The van der Waals surface area contributed by atoms with Crippen LogP contribution in [0.5, 0.6) is 0 Å². The summed E-state index contributed by atoms with van der Waals surface area (Å²) in [5.41, 5.74) is 4.43. The third-order valence-corrected chi connectivity index (χ3v) is 4.95. The third kappa shape index (κ3) is 5.33. The first kappa shape index (κ1) is 20.4. The predicted octanol–water partition coefficient (Wildman–Crippen LogP) is 2.35. The van der Waals surface area contributed by atoms with Crippen molar-refractivity contribution in [1.29, 1.82) is 0 Å². The molecule has 0 aliphatic carbocycles. The summed E-state index contributed by atoms with van der Waals surface area (Å²) >= 11 is 0. The number of rotatable bonds is 8. The Kier molecular flexibility index (Phi) is 7.45. The molecule has 2 N–H and O–H groups in total. The fraction of sp³-hybridized carbons (Fsp3) is 0.524. The van der Waals surface area contributed by atoms with Crippen LogP contribution in [0.1, 0.15) is 29.8 Å². The molecular weight excluding hydrogens is 354 g/mol. The van der Waals surface area contributed by atoms with E-state index in [0.717, 1.165) is 62.2 Å². The fourth-order valence-corrected chi connectivity index (χ4v) is 3.32. The van der Waals surface area contributed by atoms with E-state index in [9.17, 15) is 0 Å². The molecule has 7 heteroatoms. The molecule has 7 nitrogen and oxygen atoms in total. The van der Waals surface area contributed by atoms with Crippen molar-refractivity contribution in [3.05, 3.63) is 47.3 Å². The molecule has 1 aliphatic heterocycles. The Labute approximate surface area is 167 Å². The van der Waals surface area contributed by atoms with Gasteiger partial charge in [-0.1, -0.05) is 18.2 Å². The van der Waals surface area contributed by atoms with Gasteiger partial charge >= 0.3 is 0 Å². The standard InChI is InChI=1S/C21H31N5O2/c1-16-20(17(2)26(25-16)18-8-5-4-6-9-18)14-24-21(22-3)23-11-7-12-28-19-10-13-27-15-19/h4-6,8-9,19H,7,10-15H2,1-3H3,(H2,22,23,24).